The van der Waals surface area contributed by atoms with Crippen molar-refractivity contribution in [3.63, 3.8) is 0 Å². The summed E-state index contributed by atoms with van der Waals surface area (Å²) in [5.74, 6) is 0.732. The zero-order chi connectivity index (χ0) is 17.6. The fourth-order valence-corrected chi connectivity index (χ4v) is 3.01. The van der Waals surface area contributed by atoms with Crippen molar-refractivity contribution in [2.75, 3.05) is 14.1 Å². The minimum Gasteiger partial charge on any atom is -0.433 e. The van der Waals surface area contributed by atoms with Crippen LogP contribution in [0.3, 0.4) is 0 Å². The first-order chi connectivity index (χ1) is 12.1. The van der Waals surface area contributed by atoms with Crippen molar-refractivity contribution in [1.29, 1.82) is 0 Å². The second-order valence-corrected chi connectivity index (χ2v) is 7.17. The summed E-state index contributed by atoms with van der Waals surface area (Å²) in [6, 6.07) is 23.9. The van der Waals surface area contributed by atoms with Crippen LogP contribution in [0.5, 0.6) is 5.75 Å². The maximum Gasteiger partial charge on any atom is 0.263 e. The lowest BCUT2D eigenvalue weighted by Crippen LogP contribution is -2.19. The molecule has 0 atom stereocenters. The molecule has 0 saturated carbocycles. The number of benzene rings is 3. The summed E-state index contributed by atoms with van der Waals surface area (Å²) < 4.78 is 6.64. The Kier molecular flexibility index (Phi) is 5.68. The fraction of sp³-hybridized carbons (Fsp3) is 0.100. The highest BCUT2D eigenvalue weighted by Crippen LogP contribution is 2.24. The van der Waals surface area contributed by atoms with E-state index in [1.807, 2.05) is 73.6 Å². The number of thiocarbonyl (C=S) groups is 1. The number of rotatable bonds is 2. The third-order valence-electron chi connectivity index (χ3n) is 3.44. The number of hydrogen-bond donors (Lipinski definition) is 0. The molecule has 3 aromatic rings. The number of para-hydroxylation sites is 1. The Labute approximate surface area is 157 Å². The van der Waals surface area contributed by atoms with Gasteiger partial charge in [-0.25, -0.2) is 4.99 Å². The lowest BCUT2D eigenvalue weighted by Gasteiger charge is -2.14. The number of nitrogens with zero attached hydrogens (tertiary/aromatic N) is 2. The van der Waals surface area contributed by atoms with Gasteiger partial charge in [-0.3, -0.25) is 0 Å². The van der Waals surface area contributed by atoms with E-state index >= 15 is 0 Å². The van der Waals surface area contributed by atoms with E-state index in [0.29, 0.717) is 9.55 Å². The number of ether oxygens (including phenoxy) is 1. The van der Waals surface area contributed by atoms with Crippen molar-refractivity contribution in [3.8, 4) is 5.75 Å². The maximum absolute atomic E-state index is 5.95. The molecule has 0 saturated heterocycles. The van der Waals surface area contributed by atoms with Crippen molar-refractivity contribution in [3.05, 3.63) is 72.8 Å². The average molecular weight is 367 g/mol. The molecule has 0 radical (unpaired) electrons. The third kappa shape index (κ3) is 4.81. The van der Waals surface area contributed by atoms with Crippen LogP contribution in [0.2, 0.25) is 0 Å². The van der Waals surface area contributed by atoms with Gasteiger partial charge in [0.15, 0.2) is 0 Å². The molecular formula is C20H18N2OS2. The molecule has 5 heteroatoms. The van der Waals surface area contributed by atoms with Gasteiger partial charge in [-0.2, -0.15) is 0 Å². The summed E-state index contributed by atoms with van der Waals surface area (Å²) in [5, 5.41) is 2.83. The first kappa shape index (κ1) is 17.5. The van der Waals surface area contributed by atoms with E-state index in [1.165, 1.54) is 17.1 Å². The summed E-state index contributed by atoms with van der Waals surface area (Å²) in [4.78, 5) is 6.53. The molecule has 0 bridgehead atoms. The molecule has 126 valence electrons. The predicted octanol–water partition coefficient (Wildman–Crippen LogP) is 5.49. The molecule has 0 heterocycles. The Morgan fingerprint density at radius 3 is 2.32 bits per heavy atom. The molecule has 0 spiro atoms. The minimum atomic E-state index is 0.500. The number of hydrogen-bond acceptors (Lipinski definition) is 4. The van der Waals surface area contributed by atoms with Gasteiger partial charge in [0, 0.05) is 14.1 Å². The molecular weight excluding hydrogens is 348 g/mol. The highest BCUT2D eigenvalue weighted by atomic mass is 32.2. The molecule has 0 aliphatic rings. The summed E-state index contributed by atoms with van der Waals surface area (Å²) in [5.41, 5.74) is 0.832. The topological polar surface area (TPSA) is 24.8 Å². The summed E-state index contributed by atoms with van der Waals surface area (Å²) in [6.07, 6.45) is 0. The van der Waals surface area contributed by atoms with Crippen LogP contribution in [-0.2, 0) is 0 Å². The van der Waals surface area contributed by atoms with Crippen molar-refractivity contribution >= 4 is 50.0 Å². The number of fused-ring (bicyclic) bond motifs is 1. The monoisotopic (exact) mass is 366 g/mol. The molecule has 0 unspecified atom stereocenters. The number of aliphatic imine (C=N–C) groups is 1. The van der Waals surface area contributed by atoms with E-state index in [2.05, 4.69) is 23.2 Å². The summed E-state index contributed by atoms with van der Waals surface area (Å²) in [6.45, 7) is 0. The standard InChI is InChI=1S/C20H18N2OS2/c1-22(2)20(24)25-19(23-18-10-4-3-5-11-18)21-17-13-12-15-8-6-7-9-16(15)14-17/h3-14H,1-2H3. The Morgan fingerprint density at radius 2 is 1.60 bits per heavy atom. The van der Waals surface area contributed by atoms with Gasteiger partial charge in [-0.15, -0.1) is 0 Å². The van der Waals surface area contributed by atoms with Crippen molar-refractivity contribution in [2.45, 2.75) is 0 Å². The Bertz CT molecular complexity index is 908. The maximum atomic E-state index is 5.95. The average Bonchev–Trinajstić information content (AvgIpc) is 2.62. The summed E-state index contributed by atoms with van der Waals surface area (Å²) in [7, 11) is 3.82. The second kappa shape index (κ2) is 8.14. The highest BCUT2D eigenvalue weighted by molar-refractivity contribution is 8.32. The van der Waals surface area contributed by atoms with Gasteiger partial charge in [-0.1, -0.05) is 60.7 Å². The van der Waals surface area contributed by atoms with Crippen LogP contribution in [0.15, 0.2) is 77.8 Å². The first-order valence-electron chi connectivity index (χ1n) is 7.81. The van der Waals surface area contributed by atoms with Crippen molar-refractivity contribution in [1.82, 2.24) is 4.90 Å². The van der Waals surface area contributed by atoms with Crippen LogP contribution in [0.1, 0.15) is 0 Å². The lowest BCUT2D eigenvalue weighted by molar-refractivity contribution is 0.567. The van der Waals surface area contributed by atoms with Gasteiger partial charge in [0.25, 0.3) is 5.23 Å². The largest absolute Gasteiger partial charge is 0.433 e. The predicted molar refractivity (Wildman–Crippen MR) is 112 cm³/mol. The molecule has 3 rings (SSSR count). The SMILES string of the molecule is CN(C)C(=S)SC(=Nc1ccc2ccccc2c1)Oc1ccccc1. The molecule has 0 aliphatic heterocycles. The van der Waals surface area contributed by atoms with Crippen LogP contribution >= 0.6 is 24.0 Å². The van der Waals surface area contributed by atoms with E-state index in [0.717, 1.165) is 16.8 Å². The Morgan fingerprint density at radius 1 is 0.920 bits per heavy atom. The quantitative estimate of drug-likeness (QED) is 0.340. The first-order valence-corrected chi connectivity index (χ1v) is 9.04. The lowest BCUT2D eigenvalue weighted by atomic mass is 10.1. The van der Waals surface area contributed by atoms with E-state index in [-0.39, 0.29) is 0 Å². The smallest absolute Gasteiger partial charge is 0.263 e. The molecule has 25 heavy (non-hydrogen) atoms. The second-order valence-electron chi connectivity index (χ2n) is 5.59. The molecule has 0 N–H and O–H groups in total. The zero-order valence-corrected chi connectivity index (χ0v) is 15.7. The van der Waals surface area contributed by atoms with E-state index in [9.17, 15) is 0 Å². The van der Waals surface area contributed by atoms with Crippen molar-refractivity contribution < 1.29 is 4.74 Å². The van der Waals surface area contributed by atoms with Gasteiger partial charge < -0.3 is 9.64 Å². The van der Waals surface area contributed by atoms with Crippen LogP contribution in [0, 0.1) is 0 Å². The molecule has 3 aromatic carbocycles. The minimum absolute atomic E-state index is 0.500. The van der Waals surface area contributed by atoms with Gasteiger partial charge in [0.05, 0.1) is 5.69 Å². The van der Waals surface area contributed by atoms with Gasteiger partial charge >= 0.3 is 0 Å². The van der Waals surface area contributed by atoms with Crippen LogP contribution in [0.4, 0.5) is 5.69 Å². The van der Waals surface area contributed by atoms with E-state index in [1.54, 1.807) is 0 Å². The third-order valence-corrected chi connectivity index (χ3v) is 4.95. The van der Waals surface area contributed by atoms with Crippen LogP contribution < -0.4 is 4.74 Å². The van der Waals surface area contributed by atoms with Crippen molar-refractivity contribution in [2.24, 2.45) is 4.99 Å². The van der Waals surface area contributed by atoms with Gasteiger partial charge in [-0.05, 0) is 46.8 Å². The number of thioether (sulfide) groups is 1. The van der Waals surface area contributed by atoms with E-state index in [4.69, 9.17) is 17.0 Å². The normalized spacial score (nSPS) is 11.4. The molecule has 0 fully saturated rings. The van der Waals surface area contributed by atoms with Gasteiger partial charge in [0.2, 0.25) is 0 Å². The molecule has 0 aliphatic carbocycles. The summed E-state index contributed by atoms with van der Waals surface area (Å²) >= 11 is 6.72. The fourth-order valence-electron chi connectivity index (χ4n) is 2.17. The van der Waals surface area contributed by atoms with Crippen LogP contribution in [0.25, 0.3) is 10.8 Å². The molecule has 0 aromatic heterocycles. The van der Waals surface area contributed by atoms with Crippen LogP contribution in [-0.4, -0.2) is 28.5 Å². The molecule has 0 amide bonds. The van der Waals surface area contributed by atoms with E-state index < -0.39 is 0 Å². The highest BCUT2D eigenvalue weighted by Gasteiger charge is 2.10. The zero-order valence-electron chi connectivity index (χ0n) is 14.0. The Balaban J connectivity index is 1.93. The van der Waals surface area contributed by atoms with Gasteiger partial charge in [0.1, 0.15) is 10.1 Å². The molecule has 3 nitrogen and oxygen atoms in total. The Hall–Kier alpha value is -2.37.